The number of carbonyl (C=O) groups excluding carboxylic acids is 1. The van der Waals surface area contributed by atoms with E-state index in [0.717, 1.165) is 44.9 Å². The molecule has 2 N–H and O–H groups in total. The SMILES string of the molecule is CCCCCCC/C=C\C/C=C\CCCCCCCCCCCCCCCC(=O)NC(COP(=O)([O-])OCC[N+](C)(C)C)C(O)CCCCCCCCCCCCCCCCCCCCC. The Bertz CT molecular complexity index is 1130. The fourth-order valence-corrected chi connectivity index (χ4v) is 9.38. The van der Waals surface area contributed by atoms with Crippen LogP contribution in [-0.4, -0.2) is 68.5 Å². The lowest BCUT2D eigenvalue weighted by Gasteiger charge is -2.30. The monoisotopic (exact) mass is 953 g/mol. The fourth-order valence-electron chi connectivity index (χ4n) is 8.66. The maximum atomic E-state index is 13.0. The van der Waals surface area contributed by atoms with Gasteiger partial charge in [0.1, 0.15) is 13.2 Å². The lowest BCUT2D eigenvalue weighted by Crippen LogP contribution is -2.46. The molecule has 0 aromatic carbocycles. The molecule has 8 nitrogen and oxygen atoms in total. The van der Waals surface area contributed by atoms with Gasteiger partial charge in [0.2, 0.25) is 5.91 Å². The second-order valence-electron chi connectivity index (χ2n) is 21.0. The van der Waals surface area contributed by atoms with Crippen LogP contribution in [0.4, 0.5) is 0 Å². The van der Waals surface area contributed by atoms with Crippen LogP contribution in [-0.2, 0) is 18.4 Å². The standard InChI is InChI=1S/C57H113N2O6P/c1-6-8-10-12-14-16-18-20-22-24-26-27-28-29-30-31-33-35-37-39-41-43-45-47-49-51-57(61)58-55(54-65-66(62,63)64-53-52-59(3,4)5)56(60)50-48-46-44-42-40-38-36-34-32-25-23-21-19-17-15-13-11-9-7-2/h18,20,24,26,55-56,60H,6-17,19,21-23,25,27-54H2,1-5H3,(H-,58,61,62,63)/b20-18-,26-24-. The van der Waals surface area contributed by atoms with Gasteiger partial charge in [0.15, 0.2) is 0 Å². The number of aliphatic hydroxyl groups is 1. The van der Waals surface area contributed by atoms with Crippen molar-refractivity contribution in [2.75, 3.05) is 40.9 Å². The van der Waals surface area contributed by atoms with Gasteiger partial charge in [-0.05, 0) is 44.9 Å². The molecule has 3 atom stereocenters. The third-order valence-electron chi connectivity index (χ3n) is 13.2. The van der Waals surface area contributed by atoms with Gasteiger partial charge in [-0.1, -0.05) is 256 Å². The van der Waals surface area contributed by atoms with Crippen LogP contribution in [0, 0.1) is 0 Å². The Morgan fingerprint density at radius 3 is 1.26 bits per heavy atom. The molecule has 1 amide bonds. The Balaban J connectivity index is 4.15. The minimum atomic E-state index is -4.57. The number of aliphatic hydroxyl groups excluding tert-OH is 1. The summed E-state index contributed by atoms with van der Waals surface area (Å²) in [6.07, 6.45) is 60.6. The van der Waals surface area contributed by atoms with Gasteiger partial charge in [0, 0.05) is 6.42 Å². The molecule has 0 spiro atoms. The topological polar surface area (TPSA) is 108 Å². The molecule has 0 aromatic rings. The molecule has 0 aromatic heterocycles. The van der Waals surface area contributed by atoms with Gasteiger partial charge in [0.25, 0.3) is 7.82 Å². The molecular weight excluding hydrogens is 840 g/mol. The smallest absolute Gasteiger partial charge is 0.268 e. The first-order chi connectivity index (χ1) is 32.0. The highest BCUT2D eigenvalue weighted by Crippen LogP contribution is 2.38. The molecule has 9 heteroatoms. The van der Waals surface area contributed by atoms with Crippen molar-refractivity contribution in [1.82, 2.24) is 5.32 Å². The molecule has 0 aliphatic carbocycles. The van der Waals surface area contributed by atoms with Crippen molar-refractivity contribution >= 4 is 13.7 Å². The van der Waals surface area contributed by atoms with Gasteiger partial charge in [0.05, 0.1) is 39.9 Å². The fraction of sp³-hybridized carbons (Fsp3) is 0.912. The highest BCUT2D eigenvalue weighted by atomic mass is 31.2. The summed E-state index contributed by atoms with van der Waals surface area (Å²) in [6.45, 7) is 4.75. The molecule has 0 saturated heterocycles. The van der Waals surface area contributed by atoms with Crippen LogP contribution in [0.3, 0.4) is 0 Å². The lowest BCUT2D eigenvalue weighted by atomic mass is 10.0. The van der Waals surface area contributed by atoms with Crippen molar-refractivity contribution in [2.45, 2.75) is 296 Å². The number of unbranched alkanes of at least 4 members (excludes halogenated alkanes) is 36. The predicted octanol–water partition coefficient (Wildman–Crippen LogP) is 16.6. The first-order valence-electron chi connectivity index (χ1n) is 28.7. The van der Waals surface area contributed by atoms with Crippen LogP contribution in [0.2, 0.25) is 0 Å². The van der Waals surface area contributed by atoms with Crippen molar-refractivity contribution < 1.29 is 32.9 Å². The number of phosphoric ester groups is 1. The van der Waals surface area contributed by atoms with Crippen molar-refractivity contribution in [3.8, 4) is 0 Å². The third-order valence-corrected chi connectivity index (χ3v) is 14.2. The predicted molar refractivity (Wildman–Crippen MR) is 284 cm³/mol. The summed E-state index contributed by atoms with van der Waals surface area (Å²) in [5.41, 5.74) is 0. The van der Waals surface area contributed by atoms with E-state index in [4.69, 9.17) is 9.05 Å². The minimum Gasteiger partial charge on any atom is -0.756 e. The van der Waals surface area contributed by atoms with E-state index in [0.29, 0.717) is 23.9 Å². The summed E-state index contributed by atoms with van der Waals surface area (Å²) in [4.78, 5) is 25.5. The molecule has 3 unspecified atom stereocenters. The van der Waals surface area contributed by atoms with E-state index < -0.39 is 20.0 Å². The summed E-state index contributed by atoms with van der Waals surface area (Å²) < 4.78 is 23.4. The van der Waals surface area contributed by atoms with Crippen LogP contribution in [0.5, 0.6) is 0 Å². The highest BCUT2D eigenvalue weighted by Gasteiger charge is 2.24. The Hall–Kier alpha value is -1.02. The summed E-state index contributed by atoms with van der Waals surface area (Å²) >= 11 is 0. The molecule has 0 bridgehead atoms. The number of nitrogens with zero attached hydrogens (tertiary/aromatic N) is 1. The average Bonchev–Trinajstić information content (AvgIpc) is 3.28. The Morgan fingerprint density at radius 2 is 0.879 bits per heavy atom. The number of allylic oxidation sites excluding steroid dienone is 4. The third kappa shape index (κ3) is 50.8. The molecule has 0 aliphatic rings. The van der Waals surface area contributed by atoms with Gasteiger partial charge >= 0.3 is 0 Å². The summed E-state index contributed by atoms with van der Waals surface area (Å²) in [6, 6.07) is -0.799. The van der Waals surface area contributed by atoms with Crippen LogP contribution < -0.4 is 10.2 Å². The van der Waals surface area contributed by atoms with E-state index >= 15 is 0 Å². The first kappa shape index (κ1) is 65.0. The highest BCUT2D eigenvalue weighted by molar-refractivity contribution is 7.45. The molecule has 0 radical (unpaired) electrons. The molecule has 0 fully saturated rings. The molecular formula is C57H113N2O6P. The van der Waals surface area contributed by atoms with Crippen molar-refractivity contribution in [3.63, 3.8) is 0 Å². The van der Waals surface area contributed by atoms with Gasteiger partial charge in [-0.3, -0.25) is 9.36 Å². The zero-order valence-electron chi connectivity index (χ0n) is 44.7. The van der Waals surface area contributed by atoms with Gasteiger partial charge in [-0.15, -0.1) is 0 Å². The largest absolute Gasteiger partial charge is 0.756 e. The summed E-state index contributed by atoms with van der Waals surface area (Å²) in [7, 11) is 1.31. The Kier molecular flexibility index (Phi) is 48.2. The van der Waals surface area contributed by atoms with Gasteiger partial charge in [-0.2, -0.15) is 0 Å². The zero-order valence-corrected chi connectivity index (χ0v) is 45.6. The number of quaternary nitrogens is 1. The number of likely N-dealkylation sites (N-methyl/N-ethyl adjacent to an activating group) is 1. The van der Waals surface area contributed by atoms with Crippen LogP contribution in [0.15, 0.2) is 24.3 Å². The number of hydrogen-bond donors (Lipinski definition) is 2. The van der Waals surface area contributed by atoms with E-state index in [9.17, 15) is 19.4 Å². The van der Waals surface area contributed by atoms with E-state index in [-0.39, 0.29) is 19.1 Å². The van der Waals surface area contributed by atoms with Crippen molar-refractivity contribution in [2.24, 2.45) is 0 Å². The van der Waals surface area contributed by atoms with E-state index in [2.05, 4.69) is 43.5 Å². The summed E-state index contributed by atoms with van der Waals surface area (Å²) in [5, 5.41) is 14.0. The van der Waals surface area contributed by atoms with Gasteiger partial charge < -0.3 is 28.8 Å². The Labute approximate surface area is 411 Å². The first-order valence-corrected chi connectivity index (χ1v) is 30.1. The molecule has 392 valence electrons. The number of rotatable bonds is 53. The van der Waals surface area contributed by atoms with E-state index in [1.54, 1.807) is 0 Å². The Morgan fingerprint density at radius 1 is 0.530 bits per heavy atom. The van der Waals surface area contributed by atoms with E-state index in [1.807, 2.05) is 21.1 Å². The molecule has 0 rings (SSSR count). The van der Waals surface area contributed by atoms with Gasteiger partial charge in [-0.25, -0.2) is 0 Å². The number of hydrogen-bond acceptors (Lipinski definition) is 6. The quantitative estimate of drug-likeness (QED) is 0.0272. The average molecular weight is 954 g/mol. The molecule has 0 saturated carbocycles. The molecule has 66 heavy (non-hydrogen) atoms. The second kappa shape index (κ2) is 49.0. The lowest BCUT2D eigenvalue weighted by molar-refractivity contribution is -0.870. The van der Waals surface area contributed by atoms with Crippen molar-refractivity contribution in [1.29, 1.82) is 0 Å². The maximum Gasteiger partial charge on any atom is 0.268 e. The number of phosphoric acid groups is 1. The molecule has 0 aliphatic heterocycles. The van der Waals surface area contributed by atoms with Crippen LogP contribution in [0.25, 0.3) is 0 Å². The zero-order chi connectivity index (χ0) is 48.5. The maximum absolute atomic E-state index is 13.0. The van der Waals surface area contributed by atoms with Crippen LogP contribution >= 0.6 is 7.82 Å². The number of nitrogens with one attached hydrogen (secondary N) is 1. The number of carbonyl (C=O) groups is 1. The molecule has 0 heterocycles. The minimum absolute atomic E-state index is 0.0137. The van der Waals surface area contributed by atoms with E-state index in [1.165, 1.54) is 212 Å². The van der Waals surface area contributed by atoms with Crippen LogP contribution in [0.1, 0.15) is 284 Å². The van der Waals surface area contributed by atoms with Crippen molar-refractivity contribution in [3.05, 3.63) is 24.3 Å². The summed E-state index contributed by atoms with van der Waals surface area (Å²) in [5.74, 6) is -0.162. The normalized spacial score (nSPS) is 14.1. The second-order valence-corrected chi connectivity index (χ2v) is 22.4. The number of amides is 1.